The van der Waals surface area contributed by atoms with E-state index in [9.17, 15) is 4.79 Å². The van der Waals surface area contributed by atoms with Crippen LogP contribution in [0.5, 0.6) is 0 Å². The lowest BCUT2D eigenvalue weighted by Gasteiger charge is -2.06. The smallest absolute Gasteiger partial charge is 0.234 e. The van der Waals surface area contributed by atoms with Gasteiger partial charge in [0.15, 0.2) is 5.17 Å². The van der Waals surface area contributed by atoms with Crippen LogP contribution >= 0.6 is 27.7 Å². The van der Waals surface area contributed by atoms with Gasteiger partial charge in [-0.3, -0.25) is 4.79 Å². The molecule has 0 aliphatic heterocycles. The van der Waals surface area contributed by atoms with E-state index >= 15 is 0 Å². The van der Waals surface area contributed by atoms with Crippen molar-refractivity contribution in [2.45, 2.75) is 6.92 Å². The van der Waals surface area contributed by atoms with Crippen molar-refractivity contribution in [3.8, 4) is 0 Å². The first-order chi connectivity index (χ1) is 8.02. The van der Waals surface area contributed by atoms with E-state index in [1.165, 1.54) is 0 Å². The molecule has 1 aromatic rings. The highest BCUT2D eigenvalue weighted by molar-refractivity contribution is 9.10. The topological polar surface area (TPSA) is 93.5 Å². The van der Waals surface area contributed by atoms with Gasteiger partial charge >= 0.3 is 0 Å². The lowest BCUT2D eigenvalue weighted by atomic mass is 10.2. The summed E-state index contributed by atoms with van der Waals surface area (Å²) >= 11 is 4.48. The molecule has 0 spiro atoms. The molecule has 0 atom stereocenters. The zero-order valence-electron chi connectivity index (χ0n) is 9.24. The average molecular weight is 317 g/mol. The Labute approximate surface area is 112 Å². The van der Waals surface area contributed by atoms with Gasteiger partial charge in [0.05, 0.1) is 5.75 Å². The number of amidine groups is 1. The molecule has 0 radical (unpaired) electrons. The molecule has 1 rings (SSSR count). The summed E-state index contributed by atoms with van der Waals surface area (Å²) in [7, 11) is 0. The Kier molecular flexibility index (Phi) is 5.30. The maximum Gasteiger partial charge on any atom is 0.234 e. The number of rotatable bonds is 3. The van der Waals surface area contributed by atoms with E-state index in [0.29, 0.717) is 0 Å². The SMILES string of the molecule is Cc1cc(NC(=O)CSC(N)=NN)ccc1Br. The van der Waals surface area contributed by atoms with E-state index < -0.39 is 0 Å². The Morgan fingerprint density at radius 3 is 2.88 bits per heavy atom. The molecule has 17 heavy (non-hydrogen) atoms. The highest BCUT2D eigenvalue weighted by Crippen LogP contribution is 2.20. The van der Waals surface area contributed by atoms with Crippen LogP contribution < -0.4 is 16.9 Å². The van der Waals surface area contributed by atoms with Crippen LogP contribution in [0.15, 0.2) is 27.8 Å². The molecule has 0 aliphatic rings. The van der Waals surface area contributed by atoms with Gasteiger partial charge in [-0.1, -0.05) is 27.7 Å². The molecule has 0 unspecified atom stereocenters. The zero-order chi connectivity index (χ0) is 12.8. The van der Waals surface area contributed by atoms with Gasteiger partial charge in [-0.05, 0) is 30.7 Å². The van der Waals surface area contributed by atoms with Crippen molar-refractivity contribution in [1.29, 1.82) is 0 Å². The molecular formula is C10H13BrN4OS. The van der Waals surface area contributed by atoms with Crippen LogP contribution in [0.3, 0.4) is 0 Å². The largest absolute Gasteiger partial charge is 0.377 e. The van der Waals surface area contributed by atoms with Crippen molar-refractivity contribution in [2.24, 2.45) is 16.7 Å². The van der Waals surface area contributed by atoms with Gasteiger partial charge in [0, 0.05) is 10.2 Å². The van der Waals surface area contributed by atoms with Crippen LogP contribution in [-0.2, 0) is 4.79 Å². The van der Waals surface area contributed by atoms with Crippen molar-refractivity contribution in [3.05, 3.63) is 28.2 Å². The number of anilines is 1. The first-order valence-corrected chi connectivity index (χ1v) is 6.53. The van der Waals surface area contributed by atoms with Gasteiger partial charge in [0.25, 0.3) is 0 Å². The normalized spacial score (nSPS) is 11.3. The van der Waals surface area contributed by atoms with Crippen molar-refractivity contribution < 1.29 is 4.79 Å². The molecular weight excluding hydrogens is 304 g/mol. The number of benzene rings is 1. The predicted molar refractivity (Wildman–Crippen MR) is 75.8 cm³/mol. The van der Waals surface area contributed by atoms with Crippen LogP contribution in [0.2, 0.25) is 0 Å². The minimum absolute atomic E-state index is 0.150. The fraction of sp³-hybridized carbons (Fsp3) is 0.200. The molecule has 0 aromatic heterocycles. The van der Waals surface area contributed by atoms with Gasteiger partial charge in [-0.15, -0.1) is 0 Å². The van der Waals surface area contributed by atoms with Gasteiger partial charge in [-0.25, -0.2) is 0 Å². The lowest BCUT2D eigenvalue weighted by Crippen LogP contribution is -2.18. The fourth-order valence-electron chi connectivity index (χ4n) is 1.10. The summed E-state index contributed by atoms with van der Waals surface area (Å²) in [6.07, 6.45) is 0. The van der Waals surface area contributed by atoms with Crippen molar-refractivity contribution in [2.75, 3.05) is 11.1 Å². The standard InChI is InChI=1S/C10H13BrN4OS/c1-6-4-7(2-3-8(6)11)14-9(16)5-17-10(12)15-13/h2-4H,5,13H2,1H3,(H2,12,15)(H,14,16). The van der Waals surface area contributed by atoms with E-state index in [1.807, 2.05) is 25.1 Å². The fourth-order valence-corrected chi connectivity index (χ4v) is 1.77. The third-order valence-electron chi connectivity index (χ3n) is 1.92. The number of hydrazone groups is 1. The molecule has 5 N–H and O–H groups in total. The molecule has 0 aliphatic carbocycles. The van der Waals surface area contributed by atoms with E-state index in [2.05, 4.69) is 26.3 Å². The number of nitrogens with zero attached hydrogens (tertiary/aromatic N) is 1. The van der Waals surface area contributed by atoms with Gasteiger partial charge < -0.3 is 16.9 Å². The van der Waals surface area contributed by atoms with Gasteiger partial charge in [0.2, 0.25) is 5.91 Å². The van der Waals surface area contributed by atoms with E-state index in [4.69, 9.17) is 11.6 Å². The van der Waals surface area contributed by atoms with Crippen molar-refractivity contribution in [1.82, 2.24) is 0 Å². The number of amides is 1. The number of thioether (sulfide) groups is 1. The molecule has 0 bridgehead atoms. The third-order valence-corrected chi connectivity index (χ3v) is 3.62. The number of aryl methyl sites for hydroxylation is 1. The van der Waals surface area contributed by atoms with Gasteiger partial charge in [0.1, 0.15) is 0 Å². The second-order valence-corrected chi connectivity index (χ2v) is 5.12. The Bertz CT molecular complexity index is 450. The van der Waals surface area contributed by atoms with Crippen LogP contribution in [0, 0.1) is 6.92 Å². The van der Waals surface area contributed by atoms with Crippen LogP contribution in [0.1, 0.15) is 5.56 Å². The summed E-state index contributed by atoms with van der Waals surface area (Å²) in [5.74, 6) is 4.99. The minimum atomic E-state index is -0.150. The van der Waals surface area contributed by atoms with Crippen LogP contribution in [0.25, 0.3) is 0 Å². The van der Waals surface area contributed by atoms with Crippen molar-refractivity contribution in [3.63, 3.8) is 0 Å². The monoisotopic (exact) mass is 316 g/mol. The number of nitrogens with one attached hydrogen (secondary N) is 1. The molecule has 0 saturated heterocycles. The maximum atomic E-state index is 11.5. The summed E-state index contributed by atoms with van der Waals surface area (Å²) in [6, 6.07) is 5.58. The van der Waals surface area contributed by atoms with Crippen molar-refractivity contribution >= 4 is 44.5 Å². The number of carbonyl (C=O) groups is 1. The highest BCUT2D eigenvalue weighted by Gasteiger charge is 2.05. The van der Waals surface area contributed by atoms with Gasteiger partial charge in [-0.2, -0.15) is 5.10 Å². The summed E-state index contributed by atoms with van der Waals surface area (Å²) in [5.41, 5.74) is 7.16. The molecule has 92 valence electrons. The second kappa shape index (κ2) is 6.51. The molecule has 7 heteroatoms. The molecule has 5 nitrogen and oxygen atoms in total. The maximum absolute atomic E-state index is 11.5. The molecule has 0 fully saturated rings. The second-order valence-electron chi connectivity index (χ2n) is 3.27. The van der Waals surface area contributed by atoms with Crippen LogP contribution in [0.4, 0.5) is 5.69 Å². The Balaban J connectivity index is 2.53. The molecule has 0 heterocycles. The number of hydrogen-bond donors (Lipinski definition) is 3. The Morgan fingerprint density at radius 2 is 2.29 bits per heavy atom. The van der Waals surface area contributed by atoms with E-state index in [1.54, 1.807) is 0 Å². The quantitative estimate of drug-likeness (QED) is 0.342. The Hall–Kier alpha value is -1.21. The number of hydrogen-bond acceptors (Lipinski definition) is 4. The molecule has 0 saturated carbocycles. The Morgan fingerprint density at radius 1 is 1.59 bits per heavy atom. The summed E-state index contributed by atoms with van der Waals surface area (Å²) in [5, 5.41) is 6.21. The lowest BCUT2D eigenvalue weighted by molar-refractivity contribution is -0.113. The summed E-state index contributed by atoms with van der Waals surface area (Å²) in [6.45, 7) is 1.95. The summed E-state index contributed by atoms with van der Waals surface area (Å²) < 4.78 is 1.00. The molecule has 1 amide bonds. The first-order valence-electron chi connectivity index (χ1n) is 4.75. The number of halogens is 1. The minimum Gasteiger partial charge on any atom is -0.377 e. The predicted octanol–water partition coefficient (Wildman–Crippen LogP) is 1.62. The zero-order valence-corrected chi connectivity index (χ0v) is 11.6. The first kappa shape index (κ1) is 13.9. The molecule has 1 aromatic carbocycles. The number of carbonyl (C=O) groups excluding carboxylic acids is 1. The average Bonchev–Trinajstić information content (AvgIpc) is 2.31. The summed E-state index contributed by atoms with van der Waals surface area (Å²) in [4.78, 5) is 11.5. The van der Waals surface area contributed by atoms with Crippen LogP contribution in [-0.4, -0.2) is 16.8 Å². The van der Waals surface area contributed by atoms with E-state index in [-0.39, 0.29) is 16.8 Å². The third kappa shape index (κ3) is 4.66. The highest BCUT2D eigenvalue weighted by atomic mass is 79.9. The number of nitrogens with two attached hydrogens (primary N) is 2. The van der Waals surface area contributed by atoms with E-state index in [0.717, 1.165) is 27.5 Å².